The number of thioether (sulfide) groups is 1. The number of nitrogens with zero attached hydrogens (tertiary/aromatic N) is 3. The highest BCUT2D eigenvalue weighted by Gasteiger charge is 2.17. The first kappa shape index (κ1) is 19.4. The van der Waals surface area contributed by atoms with Crippen LogP contribution in [-0.2, 0) is 12.8 Å². The molecular formula is C21H24FN3OS. The summed E-state index contributed by atoms with van der Waals surface area (Å²) in [6, 6.07) is 14.8. The summed E-state index contributed by atoms with van der Waals surface area (Å²) in [6.07, 6.45) is -0.226. The van der Waals surface area contributed by atoms with Gasteiger partial charge in [-0.25, -0.2) is 4.39 Å². The van der Waals surface area contributed by atoms with Crippen molar-refractivity contribution in [2.45, 2.75) is 43.7 Å². The first-order valence-corrected chi connectivity index (χ1v) is 9.95. The molecule has 0 aliphatic rings. The topological polar surface area (TPSA) is 39.9 Å². The van der Waals surface area contributed by atoms with Gasteiger partial charge in [0.15, 0.2) is 17.1 Å². The van der Waals surface area contributed by atoms with Crippen molar-refractivity contribution in [3.05, 3.63) is 71.3 Å². The summed E-state index contributed by atoms with van der Waals surface area (Å²) < 4.78 is 21.3. The molecule has 2 aromatic carbocycles. The molecule has 1 unspecified atom stereocenters. The zero-order valence-electron chi connectivity index (χ0n) is 16.0. The number of halogens is 1. The van der Waals surface area contributed by atoms with Gasteiger partial charge in [0.25, 0.3) is 0 Å². The number of benzene rings is 2. The Morgan fingerprint density at radius 3 is 2.48 bits per heavy atom. The Morgan fingerprint density at radius 2 is 1.81 bits per heavy atom. The predicted octanol–water partition coefficient (Wildman–Crippen LogP) is 5.51. The molecule has 27 heavy (non-hydrogen) atoms. The molecule has 0 N–H and O–H groups in total. The summed E-state index contributed by atoms with van der Waals surface area (Å²) >= 11 is 1.53. The molecule has 3 aromatic rings. The van der Waals surface area contributed by atoms with Crippen LogP contribution in [0.4, 0.5) is 4.39 Å². The van der Waals surface area contributed by atoms with Crippen LogP contribution < -0.4 is 4.74 Å². The van der Waals surface area contributed by atoms with Gasteiger partial charge < -0.3 is 9.30 Å². The van der Waals surface area contributed by atoms with Gasteiger partial charge in [-0.1, -0.05) is 49.9 Å². The summed E-state index contributed by atoms with van der Waals surface area (Å²) in [6.45, 7) is 6.30. The minimum Gasteiger partial charge on any atom is -0.483 e. The van der Waals surface area contributed by atoms with Gasteiger partial charge in [0.1, 0.15) is 11.6 Å². The summed E-state index contributed by atoms with van der Waals surface area (Å²) in [5.41, 5.74) is 2.20. The zero-order chi connectivity index (χ0) is 19.4. The molecule has 3 rings (SSSR count). The second-order valence-electron chi connectivity index (χ2n) is 6.80. The van der Waals surface area contributed by atoms with Gasteiger partial charge in [-0.2, -0.15) is 0 Å². The molecule has 0 amide bonds. The smallest absolute Gasteiger partial charge is 0.191 e. The lowest BCUT2D eigenvalue weighted by molar-refractivity contribution is 0.211. The SMILES string of the molecule is CC(C)c1ccc(OC(C)c2nnc(SCc3cccc(F)c3)n2C)cc1. The van der Waals surface area contributed by atoms with E-state index in [2.05, 4.69) is 36.2 Å². The molecular weight excluding hydrogens is 361 g/mol. The first-order valence-electron chi connectivity index (χ1n) is 8.97. The van der Waals surface area contributed by atoms with Crippen LogP contribution in [0.25, 0.3) is 0 Å². The van der Waals surface area contributed by atoms with Crippen LogP contribution in [-0.4, -0.2) is 14.8 Å². The zero-order valence-corrected chi connectivity index (χ0v) is 16.8. The Labute approximate surface area is 163 Å². The monoisotopic (exact) mass is 385 g/mol. The fourth-order valence-electron chi connectivity index (χ4n) is 2.77. The molecule has 0 spiro atoms. The quantitative estimate of drug-likeness (QED) is 0.503. The highest BCUT2D eigenvalue weighted by atomic mass is 32.2. The molecule has 1 aromatic heterocycles. The fraction of sp³-hybridized carbons (Fsp3) is 0.333. The Bertz CT molecular complexity index is 893. The molecule has 0 bridgehead atoms. The molecule has 142 valence electrons. The third-order valence-corrected chi connectivity index (χ3v) is 5.44. The van der Waals surface area contributed by atoms with Crippen LogP contribution in [0.3, 0.4) is 0 Å². The highest BCUT2D eigenvalue weighted by Crippen LogP contribution is 2.26. The molecule has 1 heterocycles. The van der Waals surface area contributed by atoms with Crippen molar-refractivity contribution < 1.29 is 9.13 Å². The maximum atomic E-state index is 13.3. The second-order valence-corrected chi connectivity index (χ2v) is 7.74. The van der Waals surface area contributed by atoms with Crippen LogP contribution in [0.1, 0.15) is 49.7 Å². The Morgan fingerprint density at radius 1 is 1.07 bits per heavy atom. The normalized spacial score (nSPS) is 12.4. The molecule has 6 heteroatoms. The van der Waals surface area contributed by atoms with E-state index in [0.29, 0.717) is 11.7 Å². The largest absolute Gasteiger partial charge is 0.483 e. The van der Waals surface area contributed by atoms with E-state index in [1.807, 2.05) is 36.7 Å². The van der Waals surface area contributed by atoms with Crippen molar-refractivity contribution in [1.29, 1.82) is 0 Å². The van der Waals surface area contributed by atoms with E-state index in [1.165, 1.54) is 29.5 Å². The van der Waals surface area contributed by atoms with E-state index >= 15 is 0 Å². The molecule has 0 aliphatic carbocycles. The van der Waals surface area contributed by atoms with E-state index in [9.17, 15) is 4.39 Å². The van der Waals surface area contributed by atoms with Crippen LogP contribution in [0.5, 0.6) is 5.75 Å². The lowest BCUT2D eigenvalue weighted by atomic mass is 10.0. The average Bonchev–Trinajstić information content (AvgIpc) is 3.01. The van der Waals surface area contributed by atoms with Crippen molar-refractivity contribution in [2.24, 2.45) is 7.05 Å². The third kappa shape index (κ3) is 4.89. The molecule has 0 saturated heterocycles. The Hall–Kier alpha value is -2.34. The molecule has 0 radical (unpaired) electrons. The molecule has 4 nitrogen and oxygen atoms in total. The predicted molar refractivity (Wildman–Crippen MR) is 107 cm³/mol. The van der Waals surface area contributed by atoms with Gasteiger partial charge in [-0.05, 0) is 48.2 Å². The fourth-order valence-corrected chi connectivity index (χ4v) is 3.63. The van der Waals surface area contributed by atoms with E-state index < -0.39 is 0 Å². The highest BCUT2D eigenvalue weighted by molar-refractivity contribution is 7.98. The minimum atomic E-state index is -0.226. The number of aromatic nitrogens is 3. The van der Waals surface area contributed by atoms with Crippen molar-refractivity contribution in [3.8, 4) is 5.75 Å². The van der Waals surface area contributed by atoms with E-state index in [4.69, 9.17) is 4.74 Å². The summed E-state index contributed by atoms with van der Waals surface area (Å²) in [5, 5.41) is 9.31. The van der Waals surface area contributed by atoms with Gasteiger partial charge in [0.2, 0.25) is 0 Å². The molecule has 0 saturated carbocycles. The van der Waals surface area contributed by atoms with Crippen LogP contribution >= 0.6 is 11.8 Å². The first-order chi connectivity index (χ1) is 12.9. The molecule has 0 fully saturated rings. The number of rotatable bonds is 7. The van der Waals surface area contributed by atoms with E-state index in [0.717, 1.165) is 22.3 Å². The van der Waals surface area contributed by atoms with Gasteiger partial charge in [0, 0.05) is 12.8 Å². The standard InChI is InChI=1S/C21H24FN3OS/c1-14(2)17-8-10-19(11-9-17)26-15(3)20-23-24-21(25(20)4)27-13-16-6-5-7-18(22)12-16/h5-12,14-15H,13H2,1-4H3. The van der Waals surface area contributed by atoms with Gasteiger partial charge >= 0.3 is 0 Å². The lowest BCUT2D eigenvalue weighted by Gasteiger charge is -2.15. The van der Waals surface area contributed by atoms with Crippen molar-refractivity contribution >= 4 is 11.8 Å². The van der Waals surface area contributed by atoms with Crippen molar-refractivity contribution in [1.82, 2.24) is 14.8 Å². The van der Waals surface area contributed by atoms with Crippen LogP contribution in [0.15, 0.2) is 53.7 Å². The van der Waals surface area contributed by atoms with Crippen molar-refractivity contribution in [3.63, 3.8) is 0 Å². The van der Waals surface area contributed by atoms with Crippen LogP contribution in [0, 0.1) is 5.82 Å². The molecule has 0 aliphatic heterocycles. The van der Waals surface area contributed by atoms with Gasteiger partial charge in [-0.3, -0.25) is 0 Å². The second kappa shape index (κ2) is 8.57. The molecule has 1 atom stereocenters. The number of ether oxygens (including phenoxy) is 1. The number of hydrogen-bond donors (Lipinski definition) is 0. The minimum absolute atomic E-state index is 0.225. The van der Waals surface area contributed by atoms with Crippen molar-refractivity contribution in [2.75, 3.05) is 0 Å². The third-order valence-electron chi connectivity index (χ3n) is 4.35. The average molecular weight is 386 g/mol. The maximum Gasteiger partial charge on any atom is 0.191 e. The van der Waals surface area contributed by atoms with Gasteiger partial charge in [0.05, 0.1) is 0 Å². The summed E-state index contributed by atoms with van der Waals surface area (Å²) in [7, 11) is 1.92. The maximum absolute atomic E-state index is 13.3. The summed E-state index contributed by atoms with van der Waals surface area (Å²) in [5.74, 6) is 2.47. The Kier molecular flexibility index (Phi) is 6.16. The van der Waals surface area contributed by atoms with Gasteiger partial charge in [-0.15, -0.1) is 10.2 Å². The number of hydrogen-bond acceptors (Lipinski definition) is 4. The summed E-state index contributed by atoms with van der Waals surface area (Å²) in [4.78, 5) is 0. The van der Waals surface area contributed by atoms with Crippen LogP contribution in [0.2, 0.25) is 0 Å². The van der Waals surface area contributed by atoms with E-state index in [1.54, 1.807) is 6.07 Å². The van der Waals surface area contributed by atoms with E-state index in [-0.39, 0.29) is 11.9 Å². The lowest BCUT2D eigenvalue weighted by Crippen LogP contribution is -2.10. The Balaban J connectivity index is 1.65.